The molecule has 0 aromatic heterocycles. The van der Waals surface area contributed by atoms with E-state index in [1.807, 2.05) is 0 Å². The average molecular weight is 348 g/mol. The Morgan fingerprint density at radius 2 is 1.83 bits per heavy atom. The summed E-state index contributed by atoms with van der Waals surface area (Å²) in [5.74, 6) is 0.536. The van der Waals surface area contributed by atoms with Crippen molar-refractivity contribution in [3.63, 3.8) is 0 Å². The van der Waals surface area contributed by atoms with Gasteiger partial charge >= 0.3 is 0 Å². The van der Waals surface area contributed by atoms with Gasteiger partial charge in [0.15, 0.2) is 0 Å². The molecule has 0 spiro atoms. The van der Waals surface area contributed by atoms with E-state index in [0.717, 1.165) is 36.9 Å². The van der Waals surface area contributed by atoms with Crippen LogP contribution in [0, 0.1) is 5.92 Å². The number of carbonyl (C=O) groups is 1. The summed E-state index contributed by atoms with van der Waals surface area (Å²) in [5, 5.41) is 0. The van der Waals surface area contributed by atoms with Gasteiger partial charge in [-0.15, -0.1) is 0 Å². The smallest absolute Gasteiger partial charge is 0.243 e. The van der Waals surface area contributed by atoms with E-state index in [2.05, 4.69) is 0 Å². The molecule has 1 aromatic rings. The highest BCUT2D eigenvalue weighted by Crippen LogP contribution is 2.39. The van der Waals surface area contributed by atoms with Crippen LogP contribution in [0.2, 0.25) is 0 Å². The zero-order valence-corrected chi connectivity index (χ0v) is 14.9. The van der Waals surface area contributed by atoms with Gasteiger partial charge in [0.25, 0.3) is 0 Å². The molecule has 1 saturated carbocycles. The minimum atomic E-state index is -3.48. The summed E-state index contributed by atoms with van der Waals surface area (Å²) in [6.45, 7) is 0.624. The van der Waals surface area contributed by atoms with Gasteiger partial charge in [-0.05, 0) is 55.4 Å². The Kier molecular flexibility index (Phi) is 3.92. The van der Waals surface area contributed by atoms with Crippen molar-refractivity contribution in [1.82, 2.24) is 4.31 Å². The molecule has 130 valence electrons. The third kappa shape index (κ3) is 2.47. The number of rotatable bonds is 3. The van der Waals surface area contributed by atoms with Crippen molar-refractivity contribution in [2.75, 3.05) is 18.5 Å². The second-order valence-electron chi connectivity index (χ2n) is 7.29. The van der Waals surface area contributed by atoms with Crippen LogP contribution in [0.25, 0.3) is 0 Å². The molecular weight excluding hydrogens is 324 g/mol. The molecule has 1 saturated heterocycles. The zero-order valence-electron chi connectivity index (χ0n) is 14.1. The molecule has 1 unspecified atom stereocenters. The number of hydrogen-bond donors (Lipinski definition) is 0. The molecule has 1 aliphatic carbocycles. The van der Waals surface area contributed by atoms with E-state index in [4.69, 9.17) is 0 Å². The summed E-state index contributed by atoms with van der Waals surface area (Å²) in [4.78, 5) is 13.8. The first kappa shape index (κ1) is 16.1. The number of fused-ring (bicyclic) bond motifs is 1. The third-order valence-corrected chi connectivity index (χ3v) is 7.85. The molecule has 6 heteroatoms. The molecule has 1 atom stereocenters. The highest BCUT2D eigenvalue weighted by atomic mass is 32.2. The standard InChI is InChI=1S/C18H24N2O3S/c1-19-16-9-8-15(11-14(16)12-18(19)21)24(22,23)20-10-4-7-17(20)13-5-2-3-6-13/h8-9,11,13,17H,2-7,10,12H2,1H3. The minimum Gasteiger partial charge on any atom is -0.315 e. The Morgan fingerprint density at radius 3 is 2.58 bits per heavy atom. The van der Waals surface area contributed by atoms with Crippen molar-refractivity contribution >= 4 is 21.6 Å². The molecule has 1 aromatic carbocycles. The molecule has 2 aliphatic heterocycles. The fraction of sp³-hybridized carbons (Fsp3) is 0.611. The number of hydrogen-bond acceptors (Lipinski definition) is 3. The van der Waals surface area contributed by atoms with Crippen molar-refractivity contribution in [1.29, 1.82) is 0 Å². The number of carbonyl (C=O) groups excluding carboxylic acids is 1. The van der Waals surface area contributed by atoms with Gasteiger partial charge in [-0.1, -0.05) is 12.8 Å². The lowest BCUT2D eigenvalue weighted by Crippen LogP contribution is -2.39. The minimum absolute atomic E-state index is 0.0181. The van der Waals surface area contributed by atoms with Gasteiger partial charge in [0, 0.05) is 25.3 Å². The van der Waals surface area contributed by atoms with Gasteiger partial charge in [-0.25, -0.2) is 8.42 Å². The number of sulfonamides is 1. The maximum Gasteiger partial charge on any atom is 0.243 e. The number of benzene rings is 1. The summed E-state index contributed by atoms with van der Waals surface area (Å²) >= 11 is 0. The first-order valence-electron chi connectivity index (χ1n) is 8.90. The van der Waals surface area contributed by atoms with E-state index >= 15 is 0 Å². The molecule has 0 N–H and O–H groups in total. The van der Waals surface area contributed by atoms with Gasteiger partial charge in [-0.3, -0.25) is 4.79 Å². The van der Waals surface area contributed by atoms with Crippen molar-refractivity contribution in [3.8, 4) is 0 Å². The van der Waals surface area contributed by atoms with E-state index in [1.165, 1.54) is 12.8 Å². The topological polar surface area (TPSA) is 57.7 Å². The summed E-state index contributed by atoms with van der Waals surface area (Å²) < 4.78 is 28.1. The molecule has 3 aliphatic rings. The van der Waals surface area contributed by atoms with E-state index in [0.29, 0.717) is 23.8 Å². The van der Waals surface area contributed by atoms with Crippen LogP contribution in [-0.4, -0.2) is 38.3 Å². The van der Waals surface area contributed by atoms with Crippen LogP contribution < -0.4 is 4.90 Å². The summed E-state index contributed by atoms with van der Waals surface area (Å²) in [7, 11) is -1.74. The van der Waals surface area contributed by atoms with Crippen molar-refractivity contribution in [3.05, 3.63) is 23.8 Å². The van der Waals surface area contributed by atoms with Gasteiger partial charge in [0.1, 0.15) is 0 Å². The highest BCUT2D eigenvalue weighted by Gasteiger charge is 2.40. The SMILES string of the molecule is CN1C(=O)Cc2cc(S(=O)(=O)N3CCCC3C3CCCC3)ccc21. The predicted molar refractivity (Wildman–Crippen MR) is 92.4 cm³/mol. The van der Waals surface area contributed by atoms with Crippen molar-refractivity contribution in [2.24, 2.45) is 5.92 Å². The second kappa shape index (κ2) is 5.85. The van der Waals surface area contributed by atoms with Crippen LogP contribution >= 0.6 is 0 Å². The van der Waals surface area contributed by atoms with Gasteiger partial charge in [-0.2, -0.15) is 4.31 Å². The third-order valence-electron chi connectivity index (χ3n) is 5.93. The molecule has 2 heterocycles. The van der Waals surface area contributed by atoms with Crippen LogP contribution in [0.4, 0.5) is 5.69 Å². The van der Waals surface area contributed by atoms with E-state index in [1.54, 1.807) is 34.5 Å². The lowest BCUT2D eigenvalue weighted by Gasteiger charge is -2.28. The maximum atomic E-state index is 13.2. The molecule has 5 nitrogen and oxygen atoms in total. The van der Waals surface area contributed by atoms with Crippen LogP contribution in [0.1, 0.15) is 44.1 Å². The van der Waals surface area contributed by atoms with Gasteiger partial charge in [0.05, 0.1) is 11.3 Å². The first-order valence-corrected chi connectivity index (χ1v) is 10.3. The largest absolute Gasteiger partial charge is 0.315 e. The number of amides is 1. The first-order chi connectivity index (χ1) is 11.5. The Hall–Kier alpha value is -1.40. The number of nitrogens with zero attached hydrogens (tertiary/aromatic N) is 2. The quantitative estimate of drug-likeness (QED) is 0.843. The van der Waals surface area contributed by atoms with E-state index in [-0.39, 0.29) is 11.9 Å². The van der Waals surface area contributed by atoms with E-state index < -0.39 is 10.0 Å². The second-order valence-corrected chi connectivity index (χ2v) is 9.18. The number of likely N-dealkylation sites (N-methyl/N-ethyl adjacent to an activating group) is 1. The lowest BCUT2D eigenvalue weighted by molar-refractivity contribution is -0.117. The Balaban J connectivity index is 1.65. The fourth-order valence-electron chi connectivity index (χ4n) is 4.62. The van der Waals surface area contributed by atoms with Crippen molar-refractivity contribution < 1.29 is 13.2 Å². The Morgan fingerprint density at radius 1 is 1.08 bits per heavy atom. The van der Waals surface area contributed by atoms with Crippen LogP contribution in [0.5, 0.6) is 0 Å². The monoisotopic (exact) mass is 348 g/mol. The molecular formula is C18H24N2O3S. The predicted octanol–water partition coefficient (Wildman–Crippen LogP) is 2.55. The molecule has 24 heavy (non-hydrogen) atoms. The summed E-state index contributed by atoms with van der Waals surface area (Å²) in [6, 6.07) is 5.30. The summed E-state index contributed by atoms with van der Waals surface area (Å²) in [5.41, 5.74) is 1.65. The van der Waals surface area contributed by atoms with E-state index in [9.17, 15) is 13.2 Å². The highest BCUT2D eigenvalue weighted by molar-refractivity contribution is 7.89. The zero-order chi connectivity index (χ0) is 16.9. The lowest BCUT2D eigenvalue weighted by atomic mass is 9.97. The maximum absolute atomic E-state index is 13.2. The molecule has 4 rings (SSSR count). The Labute approximate surface area is 143 Å². The Bertz CT molecular complexity index is 768. The molecule has 0 bridgehead atoms. The normalized spacial score (nSPS) is 25.6. The van der Waals surface area contributed by atoms with Crippen LogP contribution in [-0.2, 0) is 21.2 Å². The molecule has 0 radical (unpaired) electrons. The van der Waals surface area contributed by atoms with Crippen LogP contribution in [0.15, 0.2) is 23.1 Å². The summed E-state index contributed by atoms with van der Waals surface area (Å²) in [6.07, 6.45) is 6.98. The average Bonchev–Trinajstić information content (AvgIpc) is 3.28. The van der Waals surface area contributed by atoms with Gasteiger partial charge in [0.2, 0.25) is 15.9 Å². The van der Waals surface area contributed by atoms with Crippen LogP contribution in [0.3, 0.4) is 0 Å². The van der Waals surface area contributed by atoms with Gasteiger partial charge < -0.3 is 4.90 Å². The molecule has 2 fully saturated rings. The fourth-order valence-corrected chi connectivity index (χ4v) is 6.43. The molecule has 1 amide bonds. The van der Waals surface area contributed by atoms with Crippen molar-refractivity contribution in [2.45, 2.75) is 55.9 Å². The number of anilines is 1.